The van der Waals surface area contributed by atoms with Crippen molar-refractivity contribution in [2.45, 2.75) is 64.2 Å². The lowest BCUT2D eigenvalue weighted by molar-refractivity contribution is 0.691. The Morgan fingerprint density at radius 3 is 1.50 bits per heavy atom. The molecule has 0 heterocycles. The van der Waals surface area contributed by atoms with Crippen LogP contribution in [0.1, 0.15) is 64.2 Å². The molecule has 0 saturated heterocycles. The molecule has 96 valence electrons. The number of hydrogen-bond acceptors (Lipinski definition) is 0. The van der Waals surface area contributed by atoms with Gasteiger partial charge in [-0.15, -0.1) is 0 Å². The zero-order valence-corrected chi connectivity index (χ0v) is 11.5. The molecule has 0 radical (unpaired) electrons. The highest BCUT2D eigenvalue weighted by molar-refractivity contribution is 5.26. The highest BCUT2D eigenvalue weighted by Crippen LogP contribution is 2.10. The molecule has 0 saturated carbocycles. The summed E-state index contributed by atoms with van der Waals surface area (Å²) in [5, 5.41) is 0. The molecule has 1 aliphatic rings. The normalized spacial score (nSPS) is 19.3. The Balaban J connectivity index is 2.40. The first-order valence-electron chi connectivity index (χ1n) is 7.12. The Hall–Kier alpha value is -1.40. The lowest BCUT2D eigenvalue weighted by Gasteiger charge is -2.00. The van der Waals surface area contributed by atoms with Gasteiger partial charge >= 0.3 is 0 Å². The fourth-order valence-corrected chi connectivity index (χ4v) is 1.96. The van der Waals surface area contributed by atoms with Gasteiger partial charge in [-0.05, 0) is 49.7 Å². The fourth-order valence-electron chi connectivity index (χ4n) is 1.96. The molecule has 1 aliphatic carbocycles. The molecular formula is C18H24. The Labute approximate surface area is 113 Å². The summed E-state index contributed by atoms with van der Waals surface area (Å²) in [6, 6.07) is 0. The van der Waals surface area contributed by atoms with Crippen LogP contribution in [0.3, 0.4) is 0 Å². The smallest absolute Gasteiger partial charge is 0.00923 e. The van der Waals surface area contributed by atoms with Crippen molar-refractivity contribution in [1.82, 2.24) is 0 Å². The molecule has 0 atom stereocenters. The van der Waals surface area contributed by atoms with Crippen molar-refractivity contribution in [3.05, 3.63) is 24.3 Å². The molecule has 0 fully saturated rings. The predicted molar refractivity (Wildman–Crippen MR) is 80.0 cm³/mol. The van der Waals surface area contributed by atoms with Gasteiger partial charge in [0.25, 0.3) is 0 Å². The standard InChI is InChI=1S/C18H24/c1-17-13-9-5-3-7-11-15-18(2)16-12-8-4-6-10-14-17/h1-9,12-13,16H2. The summed E-state index contributed by atoms with van der Waals surface area (Å²) in [5.74, 6) is 12.8. The first-order valence-corrected chi connectivity index (χ1v) is 7.12. The molecule has 0 heteroatoms. The fraction of sp³-hybridized carbons (Fsp3) is 0.556. The van der Waals surface area contributed by atoms with E-state index in [9.17, 15) is 0 Å². The lowest BCUT2D eigenvalue weighted by atomic mass is 10.1. The molecular weight excluding hydrogens is 216 g/mol. The quantitative estimate of drug-likeness (QED) is 0.521. The Morgan fingerprint density at radius 1 is 0.611 bits per heavy atom. The molecule has 0 spiro atoms. The van der Waals surface area contributed by atoms with E-state index in [4.69, 9.17) is 0 Å². The van der Waals surface area contributed by atoms with Gasteiger partial charge in [-0.3, -0.25) is 0 Å². The SMILES string of the molecule is C=C1C#CCCCCCC(=C)C#CCCCCC1. The molecule has 0 aromatic heterocycles. The third-order valence-corrected chi connectivity index (χ3v) is 3.09. The van der Waals surface area contributed by atoms with Crippen molar-refractivity contribution in [2.24, 2.45) is 0 Å². The predicted octanol–water partition coefficient (Wildman–Crippen LogP) is 5.02. The molecule has 0 bridgehead atoms. The van der Waals surface area contributed by atoms with Gasteiger partial charge < -0.3 is 0 Å². The molecule has 1 rings (SSSR count). The summed E-state index contributed by atoms with van der Waals surface area (Å²) in [4.78, 5) is 0. The maximum Gasteiger partial charge on any atom is 0.00923 e. The van der Waals surface area contributed by atoms with Gasteiger partial charge in [0.1, 0.15) is 0 Å². The summed E-state index contributed by atoms with van der Waals surface area (Å²) in [5.41, 5.74) is 2.20. The van der Waals surface area contributed by atoms with Crippen molar-refractivity contribution in [2.75, 3.05) is 0 Å². The highest BCUT2D eigenvalue weighted by Gasteiger charge is 1.94. The number of hydrogen-bond donors (Lipinski definition) is 0. The highest BCUT2D eigenvalue weighted by atomic mass is 14.0. The molecule has 0 N–H and O–H groups in total. The van der Waals surface area contributed by atoms with Gasteiger partial charge in [0, 0.05) is 12.8 Å². The Morgan fingerprint density at radius 2 is 1.06 bits per heavy atom. The second-order valence-electron chi connectivity index (χ2n) is 4.93. The van der Waals surface area contributed by atoms with Crippen LogP contribution in [-0.2, 0) is 0 Å². The minimum absolute atomic E-state index is 0.997. The Bertz CT molecular complexity index is 349. The topological polar surface area (TPSA) is 0 Å². The minimum atomic E-state index is 0.997. The summed E-state index contributed by atoms with van der Waals surface area (Å²) < 4.78 is 0. The molecule has 0 aromatic carbocycles. The summed E-state index contributed by atoms with van der Waals surface area (Å²) in [7, 11) is 0. The Kier molecular flexibility index (Phi) is 7.83. The average Bonchev–Trinajstić information content (AvgIpc) is 2.35. The number of allylic oxidation sites excluding steroid dienone is 2. The first kappa shape index (κ1) is 14.7. The molecule has 0 nitrogen and oxygen atoms in total. The van der Waals surface area contributed by atoms with Crippen LogP contribution in [-0.4, -0.2) is 0 Å². The van der Waals surface area contributed by atoms with E-state index < -0.39 is 0 Å². The van der Waals surface area contributed by atoms with Crippen LogP contribution >= 0.6 is 0 Å². The maximum atomic E-state index is 4.01. The third kappa shape index (κ3) is 7.81. The van der Waals surface area contributed by atoms with Crippen molar-refractivity contribution in [1.29, 1.82) is 0 Å². The summed E-state index contributed by atoms with van der Waals surface area (Å²) in [6.07, 6.45) is 11.3. The van der Waals surface area contributed by atoms with Crippen LogP contribution in [0.2, 0.25) is 0 Å². The monoisotopic (exact) mass is 240 g/mol. The molecule has 0 unspecified atom stereocenters. The van der Waals surface area contributed by atoms with Crippen molar-refractivity contribution in [3.63, 3.8) is 0 Å². The van der Waals surface area contributed by atoms with Crippen LogP contribution < -0.4 is 0 Å². The van der Waals surface area contributed by atoms with E-state index in [2.05, 4.69) is 36.8 Å². The van der Waals surface area contributed by atoms with Gasteiger partial charge in [-0.25, -0.2) is 0 Å². The van der Waals surface area contributed by atoms with Crippen LogP contribution in [0.5, 0.6) is 0 Å². The van der Waals surface area contributed by atoms with E-state index >= 15 is 0 Å². The molecule has 0 aromatic rings. The van der Waals surface area contributed by atoms with Crippen LogP contribution in [0.15, 0.2) is 24.3 Å². The van der Waals surface area contributed by atoms with Crippen LogP contribution in [0.4, 0.5) is 0 Å². The second-order valence-corrected chi connectivity index (χ2v) is 4.93. The molecule has 0 aliphatic heterocycles. The van der Waals surface area contributed by atoms with E-state index in [-0.39, 0.29) is 0 Å². The van der Waals surface area contributed by atoms with Gasteiger partial charge in [0.15, 0.2) is 0 Å². The van der Waals surface area contributed by atoms with E-state index in [1.165, 1.54) is 38.5 Å². The van der Waals surface area contributed by atoms with Crippen LogP contribution in [0, 0.1) is 23.7 Å². The maximum absolute atomic E-state index is 4.01. The zero-order valence-electron chi connectivity index (χ0n) is 11.5. The first-order chi connectivity index (χ1) is 8.79. The van der Waals surface area contributed by atoms with Crippen molar-refractivity contribution < 1.29 is 0 Å². The third-order valence-electron chi connectivity index (χ3n) is 3.09. The van der Waals surface area contributed by atoms with E-state index in [1.54, 1.807) is 0 Å². The van der Waals surface area contributed by atoms with Crippen molar-refractivity contribution in [3.8, 4) is 23.7 Å². The zero-order chi connectivity index (χ0) is 13.1. The van der Waals surface area contributed by atoms with Crippen molar-refractivity contribution >= 4 is 0 Å². The largest absolute Gasteiger partial charge is 0.0983 e. The summed E-state index contributed by atoms with van der Waals surface area (Å²) in [6.45, 7) is 8.03. The second kappa shape index (κ2) is 9.61. The van der Waals surface area contributed by atoms with Crippen LogP contribution in [0.25, 0.3) is 0 Å². The lowest BCUT2D eigenvalue weighted by Crippen LogP contribution is -1.83. The minimum Gasteiger partial charge on any atom is -0.0983 e. The van der Waals surface area contributed by atoms with Gasteiger partial charge in [0.05, 0.1) is 0 Å². The average molecular weight is 240 g/mol. The molecule has 0 amide bonds. The van der Waals surface area contributed by atoms with E-state index in [1.807, 2.05) is 0 Å². The van der Waals surface area contributed by atoms with Gasteiger partial charge in [-0.2, -0.15) is 0 Å². The van der Waals surface area contributed by atoms with E-state index in [0.717, 1.165) is 36.8 Å². The van der Waals surface area contributed by atoms with Gasteiger partial charge in [0.2, 0.25) is 0 Å². The van der Waals surface area contributed by atoms with Gasteiger partial charge in [-0.1, -0.05) is 49.7 Å². The number of rotatable bonds is 0. The van der Waals surface area contributed by atoms with E-state index in [0.29, 0.717) is 0 Å². The summed E-state index contributed by atoms with van der Waals surface area (Å²) >= 11 is 0. The molecule has 18 heavy (non-hydrogen) atoms.